The Morgan fingerprint density at radius 3 is 3.06 bits per heavy atom. The Bertz CT molecular complexity index is 569. The first kappa shape index (κ1) is 11.3. The molecule has 5 heteroatoms. The molecule has 0 saturated heterocycles. The van der Waals surface area contributed by atoms with Gasteiger partial charge >= 0.3 is 5.97 Å². The van der Waals surface area contributed by atoms with Crippen LogP contribution in [0.4, 0.5) is 0 Å². The van der Waals surface area contributed by atoms with E-state index in [0.29, 0.717) is 5.25 Å². The third kappa shape index (κ3) is 2.13. The summed E-state index contributed by atoms with van der Waals surface area (Å²) in [4.78, 5) is 15.9. The molecule has 1 N–H and O–H groups in total. The van der Waals surface area contributed by atoms with E-state index in [2.05, 4.69) is 23.2 Å². The van der Waals surface area contributed by atoms with Gasteiger partial charge in [0.2, 0.25) is 0 Å². The molecule has 0 amide bonds. The fraction of sp³-hybridized carbons (Fsp3) is 0.231. The molecule has 2 aromatic rings. The highest BCUT2D eigenvalue weighted by Gasteiger charge is 2.22. The normalized spacial score (nSPS) is 17.7. The van der Waals surface area contributed by atoms with Crippen LogP contribution in [0.1, 0.15) is 16.1 Å². The van der Waals surface area contributed by atoms with Crippen molar-refractivity contribution in [3.63, 3.8) is 0 Å². The molecule has 1 aromatic carbocycles. The highest BCUT2D eigenvalue weighted by Crippen LogP contribution is 2.37. The van der Waals surface area contributed by atoms with Crippen LogP contribution in [0.5, 0.6) is 0 Å². The van der Waals surface area contributed by atoms with Crippen LogP contribution in [0.3, 0.4) is 0 Å². The molecule has 0 fully saturated rings. The highest BCUT2D eigenvalue weighted by atomic mass is 32.2. The van der Waals surface area contributed by atoms with E-state index in [0.717, 1.165) is 13.0 Å². The number of hydrogen-bond acceptors (Lipinski definition) is 3. The summed E-state index contributed by atoms with van der Waals surface area (Å²) in [5.41, 5.74) is 1.49. The van der Waals surface area contributed by atoms with E-state index < -0.39 is 5.97 Å². The number of rotatable bonds is 3. The van der Waals surface area contributed by atoms with E-state index in [1.807, 2.05) is 22.4 Å². The number of nitrogens with zero attached hydrogens (tertiary/aromatic N) is 2. The molecule has 0 bridgehead atoms. The first-order valence-corrected chi connectivity index (χ1v) is 6.60. The fourth-order valence-corrected chi connectivity index (χ4v) is 3.49. The first-order valence-electron chi connectivity index (χ1n) is 5.72. The number of carboxylic acid groups (broad SMARTS) is 1. The minimum absolute atomic E-state index is 0.107. The lowest BCUT2D eigenvalue weighted by molar-refractivity contribution is 0.0691. The van der Waals surface area contributed by atoms with Gasteiger partial charge in [-0.05, 0) is 18.1 Å². The second-order valence-corrected chi connectivity index (χ2v) is 5.65. The number of imidazole rings is 1. The van der Waals surface area contributed by atoms with E-state index in [-0.39, 0.29) is 5.69 Å². The van der Waals surface area contributed by atoms with Crippen molar-refractivity contribution in [2.75, 3.05) is 0 Å². The van der Waals surface area contributed by atoms with Crippen molar-refractivity contribution >= 4 is 17.7 Å². The number of carbonyl (C=O) groups is 1. The molecule has 18 heavy (non-hydrogen) atoms. The maximum Gasteiger partial charge on any atom is 0.356 e. The number of fused-ring (bicyclic) bond motifs is 1. The van der Waals surface area contributed by atoms with Crippen molar-refractivity contribution in [3.05, 3.63) is 48.0 Å². The predicted molar refractivity (Wildman–Crippen MR) is 69.0 cm³/mol. The van der Waals surface area contributed by atoms with Crippen molar-refractivity contribution in [1.29, 1.82) is 0 Å². The third-order valence-corrected chi connectivity index (χ3v) is 4.28. The number of hydrogen-bond donors (Lipinski definition) is 1. The van der Waals surface area contributed by atoms with Crippen molar-refractivity contribution in [1.82, 2.24) is 9.55 Å². The number of aromatic nitrogens is 2. The zero-order chi connectivity index (χ0) is 12.5. The Morgan fingerprint density at radius 1 is 1.50 bits per heavy atom. The molecule has 1 unspecified atom stereocenters. The van der Waals surface area contributed by atoms with E-state index in [4.69, 9.17) is 5.11 Å². The monoisotopic (exact) mass is 260 g/mol. The second kappa shape index (κ2) is 4.49. The van der Waals surface area contributed by atoms with Crippen LogP contribution in [-0.4, -0.2) is 25.9 Å². The molecule has 1 aromatic heterocycles. The molecule has 3 rings (SSSR count). The van der Waals surface area contributed by atoms with Gasteiger partial charge in [-0.1, -0.05) is 18.2 Å². The minimum Gasteiger partial charge on any atom is -0.476 e. The maximum absolute atomic E-state index is 10.7. The van der Waals surface area contributed by atoms with Gasteiger partial charge in [0.1, 0.15) is 0 Å². The number of carboxylic acids is 1. The predicted octanol–water partition coefficient (Wildman–Crippen LogP) is 2.30. The summed E-state index contributed by atoms with van der Waals surface area (Å²) in [5, 5.41) is 9.28. The zero-order valence-corrected chi connectivity index (χ0v) is 10.4. The van der Waals surface area contributed by atoms with E-state index in [1.165, 1.54) is 10.5 Å². The van der Waals surface area contributed by atoms with E-state index in [9.17, 15) is 4.79 Å². The molecule has 1 aliphatic heterocycles. The smallest absolute Gasteiger partial charge is 0.356 e. The van der Waals surface area contributed by atoms with Gasteiger partial charge in [-0.3, -0.25) is 0 Å². The molecular formula is C13H12N2O2S. The topological polar surface area (TPSA) is 55.1 Å². The van der Waals surface area contributed by atoms with Crippen LogP contribution in [0.15, 0.2) is 41.7 Å². The number of aromatic carboxylic acids is 1. The Morgan fingerprint density at radius 2 is 2.33 bits per heavy atom. The molecular weight excluding hydrogens is 248 g/mol. The molecule has 0 aliphatic carbocycles. The molecule has 1 aliphatic rings. The van der Waals surface area contributed by atoms with Crippen molar-refractivity contribution in [3.8, 4) is 0 Å². The average Bonchev–Trinajstić information content (AvgIpc) is 2.94. The van der Waals surface area contributed by atoms with Crippen LogP contribution < -0.4 is 0 Å². The number of thioether (sulfide) groups is 1. The Labute approximate surface area is 109 Å². The summed E-state index contributed by atoms with van der Waals surface area (Å²) in [5.74, 6) is -0.976. The second-order valence-electron chi connectivity index (χ2n) is 4.31. The summed E-state index contributed by atoms with van der Waals surface area (Å²) in [6.07, 6.45) is 4.21. The molecule has 4 nitrogen and oxygen atoms in total. The van der Waals surface area contributed by atoms with E-state index in [1.54, 1.807) is 12.5 Å². The Hall–Kier alpha value is -1.75. The minimum atomic E-state index is -0.976. The van der Waals surface area contributed by atoms with Crippen LogP contribution in [0, 0.1) is 0 Å². The van der Waals surface area contributed by atoms with Gasteiger partial charge < -0.3 is 9.67 Å². The quantitative estimate of drug-likeness (QED) is 0.920. The van der Waals surface area contributed by atoms with Gasteiger partial charge in [0.05, 0.1) is 6.33 Å². The SMILES string of the molecule is O=C(O)c1cn(CC2Cc3ccccc3S2)cn1. The van der Waals surface area contributed by atoms with Gasteiger partial charge in [0.15, 0.2) is 5.69 Å². The summed E-state index contributed by atoms with van der Waals surface area (Å²) in [7, 11) is 0. The van der Waals surface area contributed by atoms with Gasteiger partial charge in [-0.15, -0.1) is 11.8 Å². The lowest BCUT2D eigenvalue weighted by Gasteiger charge is -2.08. The van der Waals surface area contributed by atoms with Gasteiger partial charge in [-0.2, -0.15) is 0 Å². The fourth-order valence-electron chi connectivity index (χ4n) is 2.16. The lowest BCUT2D eigenvalue weighted by atomic mass is 10.1. The van der Waals surface area contributed by atoms with Crippen LogP contribution in [0.25, 0.3) is 0 Å². The average molecular weight is 260 g/mol. The first-order chi connectivity index (χ1) is 8.72. The summed E-state index contributed by atoms with van der Waals surface area (Å²) in [6, 6.07) is 8.39. The Kier molecular flexibility index (Phi) is 2.83. The van der Waals surface area contributed by atoms with Crippen LogP contribution >= 0.6 is 11.8 Å². The molecule has 0 spiro atoms. The highest BCUT2D eigenvalue weighted by molar-refractivity contribution is 8.00. The molecule has 1 atom stereocenters. The van der Waals surface area contributed by atoms with Gasteiger partial charge in [-0.25, -0.2) is 9.78 Å². The molecule has 2 heterocycles. The van der Waals surface area contributed by atoms with Crippen molar-refractivity contribution in [2.24, 2.45) is 0 Å². The summed E-state index contributed by atoms with van der Waals surface area (Å²) >= 11 is 1.85. The standard InChI is InChI=1S/C13H12N2O2S/c16-13(17)11-7-15(8-14-11)6-10-5-9-3-1-2-4-12(9)18-10/h1-4,7-8,10H,5-6H2,(H,16,17). The lowest BCUT2D eigenvalue weighted by Crippen LogP contribution is -2.10. The van der Waals surface area contributed by atoms with Gasteiger partial charge in [0, 0.05) is 22.9 Å². The van der Waals surface area contributed by atoms with E-state index >= 15 is 0 Å². The molecule has 92 valence electrons. The van der Waals surface area contributed by atoms with Crippen molar-refractivity contribution < 1.29 is 9.90 Å². The summed E-state index contributed by atoms with van der Waals surface area (Å²) in [6.45, 7) is 0.791. The van der Waals surface area contributed by atoms with Crippen molar-refractivity contribution in [2.45, 2.75) is 23.1 Å². The van der Waals surface area contributed by atoms with Gasteiger partial charge in [0.25, 0.3) is 0 Å². The number of benzene rings is 1. The molecule has 0 saturated carbocycles. The third-order valence-electron chi connectivity index (χ3n) is 2.98. The molecule has 0 radical (unpaired) electrons. The van der Waals surface area contributed by atoms with Crippen LogP contribution in [-0.2, 0) is 13.0 Å². The van der Waals surface area contributed by atoms with Crippen LogP contribution in [0.2, 0.25) is 0 Å². The zero-order valence-electron chi connectivity index (χ0n) is 9.61. The Balaban J connectivity index is 1.70. The maximum atomic E-state index is 10.7. The largest absolute Gasteiger partial charge is 0.476 e. The summed E-state index contributed by atoms with van der Waals surface area (Å²) < 4.78 is 1.85.